The van der Waals surface area contributed by atoms with Crippen molar-refractivity contribution in [2.75, 3.05) is 13.7 Å². The number of nitro groups is 1. The maximum Gasteiger partial charge on any atom is 0.252 e. The van der Waals surface area contributed by atoms with Crippen LogP contribution >= 0.6 is 12.9 Å². The number of hydrogen-bond acceptors (Lipinski definition) is 9. The lowest BCUT2D eigenvalue weighted by atomic mass is 9.96. The zero-order chi connectivity index (χ0) is 18.7. The fourth-order valence-electron chi connectivity index (χ4n) is 2.89. The lowest BCUT2D eigenvalue weighted by Gasteiger charge is -2.41. The maximum absolute atomic E-state index is 10.6. The van der Waals surface area contributed by atoms with Crippen LogP contribution in [0, 0.1) is 10.1 Å². The number of nitrogens with two attached hydrogens (primary N) is 1. The van der Waals surface area contributed by atoms with Gasteiger partial charge in [0.05, 0.1) is 0 Å². The first-order valence-corrected chi connectivity index (χ1v) is 8.01. The van der Waals surface area contributed by atoms with Crippen molar-refractivity contribution in [3.63, 3.8) is 0 Å². The smallest absolute Gasteiger partial charge is 0.252 e. The van der Waals surface area contributed by atoms with Gasteiger partial charge in [-0.15, -0.1) is 0 Å². The molecule has 5 unspecified atom stereocenters. The molecule has 0 bridgehead atoms. The van der Waals surface area contributed by atoms with Crippen LogP contribution in [0.2, 0.25) is 0 Å². The Bertz CT molecular complexity index is 691. The lowest BCUT2D eigenvalue weighted by molar-refractivity contribution is -0.525. The van der Waals surface area contributed by atoms with Crippen LogP contribution in [0.3, 0.4) is 0 Å². The van der Waals surface area contributed by atoms with E-state index in [0.29, 0.717) is 11.5 Å². The summed E-state index contributed by atoms with van der Waals surface area (Å²) in [5.74, 6) is 0.619. The van der Waals surface area contributed by atoms with Crippen molar-refractivity contribution in [3.8, 4) is 11.5 Å². The molecule has 1 aromatic carbocycles. The highest BCUT2D eigenvalue weighted by atomic mass is 32.1. The summed E-state index contributed by atoms with van der Waals surface area (Å²) >= 11 is 3.86. The molecule has 3 N–H and O–H groups in total. The number of hydrogen-bond donors (Lipinski definition) is 3. The Balaban J connectivity index is 1.96. The van der Waals surface area contributed by atoms with Gasteiger partial charge in [0, 0.05) is 7.11 Å². The minimum atomic E-state index is -0.848. The number of ether oxygens (including phenoxy) is 4. The molecule has 5 atom stereocenters. The van der Waals surface area contributed by atoms with Gasteiger partial charge in [-0.2, -0.15) is 0 Å². The summed E-state index contributed by atoms with van der Waals surface area (Å²) in [6.45, 7) is 0.162. The second-order valence-electron chi connectivity index (χ2n) is 5.56. The fraction of sp³-hybridized carbons (Fsp3) is 0.500. The van der Waals surface area contributed by atoms with Crippen molar-refractivity contribution in [3.05, 3.63) is 34.4 Å². The standard InChI is InChI=1S/C14H18N4O7S/c1-21-13-12(25-26)10(16-14(15)17-18(19)20)11-9(24-13)6-22-7-4-2-3-5-8(7)23-11/h2-5,9-13,26H,6H2,1H3,(H3,15,16,17). The third-order valence-electron chi connectivity index (χ3n) is 3.98. The molecule has 0 spiro atoms. The molecule has 2 aliphatic rings. The zero-order valence-corrected chi connectivity index (χ0v) is 14.6. The highest BCUT2D eigenvalue weighted by Crippen LogP contribution is 2.37. The van der Waals surface area contributed by atoms with E-state index in [1.54, 1.807) is 23.6 Å². The van der Waals surface area contributed by atoms with Crippen LogP contribution in [0.1, 0.15) is 0 Å². The van der Waals surface area contributed by atoms with E-state index in [0.717, 1.165) is 0 Å². The number of rotatable bonds is 4. The number of nitrogens with zero attached hydrogens (tertiary/aromatic N) is 2. The maximum atomic E-state index is 10.6. The second-order valence-corrected chi connectivity index (χ2v) is 5.77. The van der Waals surface area contributed by atoms with E-state index >= 15 is 0 Å². The third kappa shape index (κ3) is 3.77. The molecule has 26 heavy (non-hydrogen) atoms. The Kier molecular flexibility index (Phi) is 5.66. The molecule has 12 heteroatoms. The van der Waals surface area contributed by atoms with E-state index in [4.69, 9.17) is 28.9 Å². The molecule has 142 valence electrons. The highest BCUT2D eigenvalue weighted by molar-refractivity contribution is 7.75. The van der Waals surface area contributed by atoms with Gasteiger partial charge < -0.3 is 28.9 Å². The molecule has 2 aliphatic heterocycles. The number of benzene rings is 1. The largest absolute Gasteiger partial charge is 0.487 e. The molecule has 0 radical (unpaired) electrons. The molecule has 3 rings (SSSR count). The van der Waals surface area contributed by atoms with E-state index in [2.05, 4.69) is 17.9 Å². The fourth-order valence-corrected chi connectivity index (χ4v) is 3.12. The topological polar surface area (TPSA) is 140 Å². The monoisotopic (exact) mass is 386 g/mol. The van der Waals surface area contributed by atoms with E-state index in [1.165, 1.54) is 7.11 Å². The minimum absolute atomic E-state index is 0.162. The molecule has 0 amide bonds. The van der Waals surface area contributed by atoms with Crippen LogP contribution in [-0.2, 0) is 13.7 Å². The van der Waals surface area contributed by atoms with Crippen molar-refractivity contribution in [2.45, 2.75) is 30.6 Å². The van der Waals surface area contributed by atoms with Crippen LogP contribution in [0.4, 0.5) is 0 Å². The number of aliphatic imine (C=N–C) groups is 1. The van der Waals surface area contributed by atoms with E-state index < -0.39 is 41.6 Å². The van der Waals surface area contributed by atoms with Gasteiger partial charge in [-0.3, -0.25) is 0 Å². The number of thiol groups is 1. The number of guanidine groups is 1. The predicted molar refractivity (Wildman–Crippen MR) is 91.4 cm³/mol. The molecule has 0 aromatic heterocycles. The van der Waals surface area contributed by atoms with Crippen LogP contribution in [-0.4, -0.2) is 55.4 Å². The SMILES string of the molecule is COC1OC2COc3ccccc3OC2C(N=C(N)N[N+](=O)[O-])C1OS. The first kappa shape index (κ1) is 18.5. The molecule has 2 heterocycles. The molecule has 1 aromatic rings. The van der Waals surface area contributed by atoms with Crippen LogP contribution in [0.15, 0.2) is 29.3 Å². The predicted octanol–water partition coefficient (Wildman–Crippen LogP) is -0.108. The van der Waals surface area contributed by atoms with E-state index in [-0.39, 0.29) is 6.61 Å². The zero-order valence-electron chi connectivity index (χ0n) is 13.7. The first-order chi connectivity index (χ1) is 12.5. The Labute approximate surface area is 154 Å². The molecule has 11 nitrogen and oxygen atoms in total. The summed E-state index contributed by atoms with van der Waals surface area (Å²) in [5, 5.41) is 9.80. The Hall–Kier alpha value is -2.28. The minimum Gasteiger partial charge on any atom is -0.487 e. The summed E-state index contributed by atoms with van der Waals surface area (Å²) in [7, 11) is 1.43. The Morgan fingerprint density at radius 2 is 2.19 bits per heavy atom. The molecule has 1 saturated heterocycles. The number of nitrogens with one attached hydrogen (secondary N) is 1. The number of fused-ring (bicyclic) bond motifs is 2. The van der Waals surface area contributed by atoms with Crippen LogP contribution in [0.5, 0.6) is 11.5 Å². The Morgan fingerprint density at radius 1 is 1.46 bits per heavy atom. The van der Waals surface area contributed by atoms with Crippen molar-refractivity contribution >= 4 is 18.9 Å². The third-order valence-corrected chi connectivity index (χ3v) is 4.22. The number of hydrazine groups is 1. The summed E-state index contributed by atoms with van der Waals surface area (Å²) < 4.78 is 28.0. The normalized spacial score (nSPS) is 30.8. The summed E-state index contributed by atoms with van der Waals surface area (Å²) in [6, 6.07) is 6.28. The van der Waals surface area contributed by atoms with Gasteiger partial charge in [0.15, 0.2) is 28.9 Å². The number of methoxy groups -OCH3 is 1. The summed E-state index contributed by atoms with van der Waals surface area (Å²) in [5.41, 5.74) is 7.41. The summed E-state index contributed by atoms with van der Waals surface area (Å²) in [6.07, 6.45) is -2.96. The second kappa shape index (κ2) is 7.95. The van der Waals surface area contributed by atoms with Gasteiger partial charge in [-0.05, 0) is 25.0 Å². The van der Waals surface area contributed by atoms with Crippen LogP contribution < -0.4 is 20.6 Å². The van der Waals surface area contributed by atoms with Gasteiger partial charge in [-0.25, -0.2) is 15.1 Å². The molecule has 0 aliphatic carbocycles. The van der Waals surface area contributed by atoms with Crippen molar-refractivity contribution in [2.24, 2.45) is 10.7 Å². The molecule has 1 fully saturated rings. The van der Waals surface area contributed by atoms with Crippen molar-refractivity contribution in [1.29, 1.82) is 0 Å². The van der Waals surface area contributed by atoms with Crippen LogP contribution in [0.25, 0.3) is 0 Å². The van der Waals surface area contributed by atoms with Gasteiger partial charge in [0.25, 0.3) is 5.96 Å². The van der Waals surface area contributed by atoms with Gasteiger partial charge in [0.1, 0.15) is 24.9 Å². The quantitative estimate of drug-likeness (QED) is 0.161. The van der Waals surface area contributed by atoms with E-state index in [1.807, 2.05) is 6.07 Å². The first-order valence-electron chi connectivity index (χ1n) is 7.64. The number of para-hydroxylation sites is 2. The molecular formula is C14H18N4O7S. The van der Waals surface area contributed by atoms with Crippen molar-refractivity contribution in [1.82, 2.24) is 5.43 Å². The average Bonchev–Trinajstić information content (AvgIpc) is 2.80. The average molecular weight is 386 g/mol. The highest BCUT2D eigenvalue weighted by Gasteiger charge is 2.50. The Morgan fingerprint density at radius 3 is 2.85 bits per heavy atom. The molecule has 0 saturated carbocycles. The van der Waals surface area contributed by atoms with Gasteiger partial charge in [-0.1, -0.05) is 17.6 Å². The summed E-state index contributed by atoms with van der Waals surface area (Å²) in [4.78, 5) is 14.8. The van der Waals surface area contributed by atoms with Crippen molar-refractivity contribution < 1.29 is 28.2 Å². The van der Waals surface area contributed by atoms with E-state index in [9.17, 15) is 10.1 Å². The van der Waals surface area contributed by atoms with Gasteiger partial charge in [0.2, 0.25) is 0 Å². The van der Waals surface area contributed by atoms with Gasteiger partial charge >= 0.3 is 0 Å². The molecular weight excluding hydrogens is 368 g/mol. The lowest BCUT2D eigenvalue weighted by Crippen LogP contribution is -2.61.